The monoisotopic (exact) mass is 372 g/mol. The molecular formula is C18H28N8O. The van der Waals surface area contributed by atoms with E-state index in [1.807, 2.05) is 0 Å². The molecule has 146 valence electrons. The molecule has 2 fully saturated rings. The summed E-state index contributed by atoms with van der Waals surface area (Å²) in [5, 5.41) is 9.91. The number of aromatic nitrogens is 5. The first kappa shape index (κ1) is 18.0. The van der Waals surface area contributed by atoms with Crippen molar-refractivity contribution in [2.45, 2.75) is 45.1 Å². The number of rotatable bonds is 6. The van der Waals surface area contributed by atoms with E-state index in [9.17, 15) is 4.79 Å². The van der Waals surface area contributed by atoms with E-state index in [4.69, 9.17) is 4.98 Å². The van der Waals surface area contributed by atoms with Crippen LogP contribution in [0.3, 0.4) is 0 Å². The molecule has 3 N–H and O–H groups in total. The second-order valence-electron chi connectivity index (χ2n) is 7.45. The Morgan fingerprint density at radius 3 is 2.63 bits per heavy atom. The van der Waals surface area contributed by atoms with Gasteiger partial charge < -0.3 is 15.1 Å². The Balaban J connectivity index is 1.29. The van der Waals surface area contributed by atoms with Crippen LogP contribution in [0.2, 0.25) is 0 Å². The van der Waals surface area contributed by atoms with Crippen LogP contribution < -0.4 is 20.8 Å². The SMILES string of the molecule is Cc1cc(N2CCC(NCCc3n[nH]c(=O)[nH]3)CC2)nc(N2CCCC2)n1. The number of H-pyrrole nitrogens is 2. The van der Waals surface area contributed by atoms with Gasteiger partial charge in [0, 0.05) is 56.9 Å². The van der Waals surface area contributed by atoms with E-state index in [0.717, 1.165) is 69.4 Å². The number of nitrogens with zero attached hydrogens (tertiary/aromatic N) is 5. The summed E-state index contributed by atoms with van der Waals surface area (Å²) in [6.45, 7) is 6.99. The summed E-state index contributed by atoms with van der Waals surface area (Å²) in [6.07, 6.45) is 5.35. The Labute approximate surface area is 158 Å². The van der Waals surface area contributed by atoms with Gasteiger partial charge in [0.25, 0.3) is 0 Å². The summed E-state index contributed by atoms with van der Waals surface area (Å²) in [5.41, 5.74) is 0.793. The summed E-state index contributed by atoms with van der Waals surface area (Å²) in [5.74, 6) is 2.64. The van der Waals surface area contributed by atoms with Crippen LogP contribution in [-0.2, 0) is 6.42 Å². The van der Waals surface area contributed by atoms with E-state index >= 15 is 0 Å². The van der Waals surface area contributed by atoms with Crippen molar-refractivity contribution in [1.82, 2.24) is 30.5 Å². The molecule has 0 amide bonds. The third kappa shape index (κ3) is 4.47. The highest BCUT2D eigenvalue weighted by atomic mass is 16.1. The van der Waals surface area contributed by atoms with Crippen molar-refractivity contribution >= 4 is 11.8 Å². The Hall–Kier alpha value is -2.42. The predicted octanol–water partition coefficient (Wildman–Crippen LogP) is 0.598. The lowest BCUT2D eigenvalue weighted by molar-refractivity contribution is 0.415. The van der Waals surface area contributed by atoms with Crippen LogP contribution in [0.1, 0.15) is 37.2 Å². The van der Waals surface area contributed by atoms with E-state index in [-0.39, 0.29) is 5.69 Å². The maximum atomic E-state index is 11.0. The van der Waals surface area contributed by atoms with Crippen LogP contribution in [0.5, 0.6) is 0 Å². The van der Waals surface area contributed by atoms with Crippen LogP contribution in [0.25, 0.3) is 0 Å². The quantitative estimate of drug-likeness (QED) is 0.682. The topological polar surface area (TPSA) is 106 Å². The molecule has 0 aromatic carbocycles. The molecule has 9 heteroatoms. The average Bonchev–Trinajstić information content (AvgIpc) is 3.34. The smallest absolute Gasteiger partial charge is 0.340 e. The lowest BCUT2D eigenvalue weighted by Gasteiger charge is -2.33. The second-order valence-corrected chi connectivity index (χ2v) is 7.45. The lowest BCUT2D eigenvalue weighted by atomic mass is 10.0. The molecule has 0 spiro atoms. The van der Waals surface area contributed by atoms with Crippen LogP contribution >= 0.6 is 0 Å². The standard InChI is InChI=1S/C18H28N8O/c1-13-12-16(22-17(20-13)26-8-2-3-9-26)25-10-5-14(6-11-25)19-7-4-15-21-18(27)24-23-15/h12,14,19H,2-11H2,1H3,(H2,21,23,24,27). The number of hydrogen-bond acceptors (Lipinski definition) is 7. The third-order valence-electron chi connectivity index (χ3n) is 5.38. The molecule has 0 atom stereocenters. The van der Waals surface area contributed by atoms with Gasteiger partial charge >= 0.3 is 5.69 Å². The number of hydrogen-bond donors (Lipinski definition) is 3. The fourth-order valence-corrected chi connectivity index (χ4v) is 3.89. The molecule has 0 unspecified atom stereocenters. The fourth-order valence-electron chi connectivity index (χ4n) is 3.89. The lowest BCUT2D eigenvalue weighted by Crippen LogP contribution is -2.43. The minimum absolute atomic E-state index is 0.244. The van der Waals surface area contributed by atoms with Gasteiger partial charge in [0.1, 0.15) is 11.6 Å². The molecule has 0 radical (unpaired) electrons. The van der Waals surface area contributed by atoms with Crippen molar-refractivity contribution in [1.29, 1.82) is 0 Å². The number of piperidine rings is 1. The maximum absolute atomic E-state index is 11.0. The summed E-state index contributed by atoms with van der Waals surface area (Å²) < 4.78 is 0. The molecule has 0 aliphatic carbocycles. The van der Waals surface area contributed by atoms with Gasteiger partial charge in [-0.2, -0.15) is 10.1 Å². The van der Waals surface area contributed by atoms with Crippen molar-refractivity contribution in [3.63, 3.8) is 0 Å². The molecule has 2 aliphatic heterocycles. The Bertz CT molecular complexity index is 802. The highest BCUT2D eigenvalue weighted by Gasteiger charge is 2.22. The molecule has 2 aromatic heterocycles. The molecule has 4 heterocycles. The zero-order valence-electron chi connectivity index (χ0n) is 15.9. The van der Waals surface area contributed by atoms with Crippen molar-refractivity contribution in [2.24, 2.45) is 0 Å². The molecule has 0 bridgehead atoms. The highest BCUT2D eigenvalue weighted by Crippen LogP contribution is 2.23. The van der Waals surface area contributed by atoms with Gasteiger partial charge in [0.05, 0.1) is 0 Å². The van der Waals surface area contributed by atoms with Gasteiger partial charge in [-0.25, -0.2) is 14.9 Å². The maximum Gasteiger partial charge on any atom is 0.340 e. The van der Waals surface area contributed by atoms with Crippen molar-refractivity contribution in [3.05, 3.63) is 28.1 Å². The van der Waals surface area contributed by atoms with Crippen molar-refractivity contribution in [3.8, 4) is 0 Å². The highest BCUT2D eigenvalue weighted by molar-refractivity contribution is 5.46. The van der Waals surface area contributed by atoms with Gasteiger partial charge in [-0.05, 0) is 32.6 Å². The van der Waals surface area contributed by atoms with Gasteiger partial charge in [0.2, 0.25) is 5.95 Å². The molecule has 2 saturated heterocycles. The van der Waals surface area contributed by atoms with Crippen molar-refractivity contribution in [2.75, 3.05) is 42.5 Å². The molecular weight excluding hydrogens is 344 g/mol. The molecule has 0 saturated carbocycles. The summed E-state index contributed by atoms with van der Waals surface area (Å²) in [6, 6.07) is 2.59. The largest absolute Gasteiger partial charge is 0.356 e. The zero-order chi connectivity index (χ0) is 18.6. The number of anilines is 2. The summed E-state index contributed by atoms with van der Waals surface area (Å²) in [7, 11) is 0. The van der Waals surface area contributed by atoms with Gasteiger partial charge in [-0.1, -0.05) is 0 Å². The predicted molar refractivity (Wildman–Crippen MR) is 104 cm³/mol. The van der Waals surface area contributed by atoms with E-state index in [1.165, 1.54) is 12.8 Å². The zero-order valence-corrected chi connectivity index (χ0v) is 15.9. The van der Waals surface area contributed by atoms with E-state index in [2.05, 4.69) is 48.3 Å². The normalized spacial score (nSPS) is 18.4. The molecule has 2 aliphatic rings. The van der Waals surface area contributed by atoms with E-state index in [0.29, 0.717) is 11.9 Å². The summed E-state index contributed by atoms with van der Waals surface area (Å²) in [4.78, 5) is 27.9. The fraction of sp³-hybridized carbons (Fsp3) is 0.667. The first-order chi connectivity index (χ1) is 13.2. The molecule has 2 aromatic rings. The van der Waals surface area contributed by atoms with Crippen LogP contribution in [0.4, 0.5) is 11.8 Å². The summed E-state index contributed by atoms with van der Waals surface area (Å²) >= 11 is 0. The number of aryl methyl sites for hydroxylation is 1. The number of aromatic amines is 2. The van der Waals surface area contributed by atoms with Crippen molar-refractivity contribution < 1.29 is 0 Å². The molecule has 27 heavy (non-hydrogen) atoms. The van der Waals surface area contributed by atoms with Crippen LogP contribution in [-0.4, -0.2) is 63.9 Å². The Morgan fingerprint density at radius 1 is 1.15 bits per heavy atom. The van der Waals surface area contributed by atoms with E-state index in [1.54, 1.807) is 0 Å². The number of nitrogens with one attached hydrogen (secondary N) is 3. The average molecular weight is 372 g/mol. The Morgan fingerprint density at radius 2 is 1.93 bits per heavy atom. The van der Waals surface area contributed by atoms with Gasteiger partial charge in [-0.15, -0.1) is 0 Å². The van der Waals surface area contributed by atoms with E-state index < -0.39 is 0 Å². The minimum Gasteiger partial charge on any atom is -0.356 e. The third-order valence-corrected chi connectivity index (χ3v) is 5.38. The molecule has 9 nitrogen and oxygen atoms in total. The minimum atomic E-state index is -0.244. The van der Waals surface area contributed by atoms with Crippen LogP contribution in [0, 0.1) is 6.92 Å². The first-order valence-corrected chi connectivity index (χ1v) is 9.90. The Kier molecular flexibility index (Phi) is 5.38. The van der Waals surface area contributed by atoms with Gasteiger partial charge in [-0.3, -0.25) is 4.98 Å². The van der Waals surface area contributed by atoms with Gasteiger partial charge in [0.15, 0.2) is 0 Å². The first-order valence-electron chi connectivity index (χ1n) is 9.90. The molecule has 4 rings (SSSR count). The second kappa shape index (κ2) is 8.08. The van der Waals surface area contributed by atoms with Crippen LogP contribution in [0.15, 0.2) is 10.9 Å².